The summed E-state index contributed by atoms with van der Waals surface area (Å²) in [5.41, 5.74) is 1.65. The molecule has 2 aromatic rings. The van der Waals surface area contributed by atoms with Crippen LogP contribution < -0.4 is 4.74 Å². The molecular weight excluding hydrogens is 384 g/mol. The molecule has 0 aliphatic heterocycles. The maximum atomic E-state index is 10.9. The second-order valence-electron chi connectivity index (χ2n) is 3.67. The van der Waals surface area contributed by atoms with E-state index in [1.807, 2.05) is 44.2 Å². The van der Waals surface area contributed by atoms with Gasteiger partial charge in [0.1, 0.15) is 12.4 Å². The maximum Gasteiger partial charge on any atom is 0.151 e. The van der Waals surface area contributed by atoms with E-state index in [2.05, 4.69) is 31.9 Å². The fourth-order valence-corrected chi connectivity index (χ4v) is 2.77. The molecule has 2 rings (SSSR count). The lowest BCUT2D eigenvalue weighted by Gasteiger charge is -2.11. The molecule has 20 heavy (non-hydrogen) atoms. The monoisotopic (exact) mass is 398 g/mol. The predicted octanol–water partition coefficient (Wildman–Crippen LogP) is 5.63. The van der Waals surface area contributed by atoms with Crippen LogP contribution in [0.4, 0.5) is 0 Å². The first-order valence-electron chi connectivity index (χ1n) is 6.32. The molecule has 0 saturated carbocycles. The Bertz CT molecular complexity index is 554. The summed E-state index contributed by atoms with van der Waals surface area (Å²) in [5.74, 6) is 0.642. The number of aldehydes is 1. The lowest BCUT2D eigenvalue weighted by molar-refractivity contribution is 0.112. The SMILES string of the molecule is CC.O=Cc1ccc(Br)c(OCc2ccccc2)c1Br. The van der Waals surface area contributed by atoms with E-state index in [1.165, 1.54) is 0 Å². The highest BCUT2D eigenvalue weighted by atomic mass is 79.9. The number of halogens is 2. The molecule has 0 bridgehead atoms. The van der Waals surface area contributed by atoms with Gasteiger partial charge in [-0.2, -0.15) is 0 Å². The fraction of sp³-hybridized carbons (Fsp3) is 0.188. The van der Waals surface area contributed by atoms with Gasteiger partial charge in [0.25, 0.3) is 0 Å². The van der Waals surface area contributed by atoms with Gasteiger partial charge in [-0.15, -0.1) is 0 Å². The number of carbonyl (C=O) groups excluding carboxylic acids is 1. The first-order valence-corrected chi connectivity index (χ1v) is 7.91. The molecule has 0 N–H and O–H groups in total. The van der Waals surface area contributed by atoms with Gasteiger partial charge in [-0.25, -0.2) is 0 Å². The van der Waals surface area contributed by atoms with Gasteiger partial charge in [0.2, 0.25) is 0 Å². The second-order valence-corrected chi connectivity index (χ2v) is 5.32. The molecular formula is C16H16Br2O2. The molecule has 0 spiro atoms. The summed E-state index contributed by atoms with van der Waals surface area (Å²) < 4.78 is 7.23. The highest BCUT2D eigenvalue weighted by Crippen LogP contribution is 2.35. The minimum Gasteiger partial charge on any atom is -0.487 e. The van der Waals surface area contributed by atoms with Crippen molar-refractivity contribution in [3.05, 3.63) is 62.5 Å². The van der Waals surface area contributed by atoms with E-state index in [4.69, 9.17) is 4.74 Å². The molecule has 0 aliphatic carbocycles. The molecule has 106 valence electrons. The van der Waals surface area contributed by atoms with Crippen molar-refractivity contribution < 1.29 is 9.53 Å². The average molecular weight is 400 g/mol. The molecule has 0 atom stereocenters. The normalized spacial score (nSPS) is 9.40. The summed E-state index contributed by atoms with van der Waals surface area (Å²) in [6.45, 7) is 4.46. The first-order chi connectivity index (χ1) is 9.72. The van der Waals surface area contributed by atoms with Crippen molar-refractivity contribution in [2.45, 2.75) is 20.5 Å². The number of benzene rings is 2. The van der Waals surface area contributed by atoms with Crippen LogP contribution in [0.1, 0.15) is 29.8 Å². The quantitative estimate of drug-likeness (QED) is 0.622. The van der Waals surface area contributed by atoms with Crippen LogP contribution in [0, 0.1) is 0 Å². The van der Waals surface area contributed by atoms with E-state index in [-0.39, 0.29) is 0 Å². The van der Waals surface area contributed by atoms with Crippen LogP contribution in [0.25, 0.3) is 0 Å². The van der Waals surface area contributed by atoms with Gasteiger partial charge in [-0.3, -0.25) is 4.79 Å². The molecule has 0 radical (unpaired) electrons. The number of ether oxygens (including phenoxy) is 1. The van der Waals surface area contributed by atoms with Gasteiger partial charge >= 0.3 is 0 Å². The zero-order valence-corrected chi connectivity index (χ0v) is 14.6. The Hall–Kier alpha value is -1.13. The molecule has 2 nitrogen and oxygen atoms in total. The summed E-state index contributed by atoms with van der Waals surface area (Å²) in [6.07, 6.45) is 0.798. The standard InChI is InChI=1S/C14H10Br2O2.C2H6/c15-12-7-6-11(8-17)13(16)14(12)18-9-10-4-2-1-3-5-10;1-2/h1-8H,9H2;1-2H3. The smallest absolute Gasteiger partial charge is 0.151 e. The molecule has 0 aromatic heterocycles. The summed E-state index contributed by atoms with van der Waals surface area (Å²) in [5, 5.41) is 0. The van der Waals surface area contributed by atoms with E-state index in [1.54, 1.807) is 12.1 Å². The first kappa shape index (κ1) is 16.9. The van der Waals surface area contributed by atoms with Crippen molar-refractivity contribution in [2.24, 2.45) is 0 Å². The Kier molecular flexibility index (Phi) is 7.55. The Morgan fingerprint density at radius 3 is 2.30 bits per heavy atom. The number of carbonyl (C=O) groups is 1. The van der Waals surface area contributed by atoms with Gasteiger partial charge < -0.3 is 4.74 Å². The maximum absolute atomic E-state index is 10.9. The van der Waals surface area contributed by atoms with E-state index in [0.29, 0.717) is 22.4 Å². The summed E-state index contributed by atoms with van der Waals surface area (Å²) in [7, 11) is 0. The molecule has 0 amide bonds. The van der Waals surface area contributed by atoms with E-state index in [0.717, 1.165) is 16.3 Å². The van der Waals surface area contributed by atoms with Gasteiger partial charge in [0, 0.05) is 5.56 Å². The minimum absolute atomic E-state index is 0.459. The third kappa shape index (κ3) is 4.46. The third-order valence-corrected chi connectivity index (χ3v) is 3.87. The Morgan fingerprint density at radius 2 is 1.70 bits per heavy atom. The highest BCUT2D eigenvalue weighted by Gasteiger charge is 2.11. The van der Waals surface area contributed by atoms with E-state index < -0.39 is 0 Å². The van der Waals surface area contributed by atoms with Gasteiger partial charge in [-0.1, -0.05) is 44.2 Å². The van der Waals surface area contributed by atoms with Crippen LogP contribution in [0.5, 0.6) is 5.75 Å². The molecule has 2 aromatic carbocycles. The molecule has 0 unspecified atom stereocenters. The topological polar surface area (TPSA) is 26.3 Å². The Labute approximate surface area is 136 Å². The fourth-order valence-electron chi connectivity index (χ4n) is 1.50. The number of hydrogen-bond donors (Lipinski definition) is 0. The van der Waals surface area contributed by atoms with Crippen molar-refractivity contribution in [3.8, 4) is 5.75 Å². The average Bonchev–Trinajstić information content (AvgIpc) is 2.50. The zero-order chi connectivity index (χ0) is 15.0. The van der Waals surface area contributed by atoms with Crippen LogP contribution in [-0.4, -0.2) is 6.29 Å². The Balaban J connectivity index is 0.000000956. The lowest BCUT2D eigenvalue weighted by atomic mass is 10.2. The highest BCUT2D eigenvalue weighted by molar-refractivity contribution is 9.11. The van der Waals surface area contributed by atoms with Crippen LogP contribution in [-0.2, 0) is 6.61 Å². The predicted molar refractivity (Wildman–Crippen MR) is 89.4 cm³/mol. The van der Waals surface area contributed by atoms with Crippen molar-refractivity contribution in [2.75, 3.05) is 0 Å². The number of hydrogen-bond acceptors (Lipinski definition) is 2. The van der Waals surface area contributed by atoms with Gasteiger partial charge in [-0.05, 0) is 49.6 Å². The molecule has 0 heterocycles. The summed E-state index contributed by atoms with van der Waals surface area (Å²) >= 11 is 6.79. The zero-order valence-electron chi connectivity index (χ0n) is 11.4. The van der Waals surface area contributed by atoms with Crippen LogP contribution >= 0.6 is 31.9 Å². The molecule has 0 fully saturated rings. The lowest BCUT2D eigenvalue weighted by Crippen LogP contribution is -1.98. The van der Waals surface area contributed by atoms with Crippen molar-refractivity contribution in [3.63, 3.8) is 0 Å². The van der Waals surface area contributed by atoms with Gasteiger partial charge in [0.05, 0.1) is 8.95 Å². The van der Waals surface area contributed by atoms with Crippen molar-refractivity contribution in [1.82, 2.24) is 0 Å². The second kappa shape index (κ2) is 8.93. The largest absolute Gasteiger partial charge is 0.487 e. The summed E-state index contributed by atoms with van der Waals surface area (Å²) in [4.78, 5) is 10.9. The van der Waals surface area contributed by atoms with Crippen LogP contribution in [0.15, 0.2) is 51.4 Å². The van der Waals surface area contributed by atoms with Crippen molar-refractivity contribution in [1.29, 1.82) is 0 Å². The third-order valence-electron chi connectivity index (χ3n) is 2.43. The molecule has 4 heteroatoms. The molecule has 0 saturated heterocycles. The minimum atomic E-state index is 0.459. The van der Waals surface area contributed by atoms with E-state index >= 15 is 0 Å². The van der Waals surface area contributed by atoms with E-state index in [9.17, 15) is 4.79 Å². The summed E-state index contributed by atoms with van der Waals surface area (Å²) in [6, 6.07) is 13.4. The number of rotatable bonds is 4. The van der Waals surface area contributed by atoms with Crippen molar-refractivity contribution >= 4 is 38.1 Å². The van der Waals surface area contributed by atoms with Crippen LogP contribution in [0.3, 0.4) is 0 Å². The molecule has 0 aliphatic rings. The van der Waals surface area contributed by atoms with Gasteiger partial charge in [0.15, 0.2) is 6.29 Å². The van der Waals surface area contributed by atoms with Crippen LogP contribution in [0.2, 0.25) is 0 Å². The Morgan fingerprint density at radius 1 is 1.05 bits per heavy atom.